The molecule has 0 bridgehead atoms. The van der Waals surface area contributed by atoms with Crippen LogP contribution in [0.25, 0.3) is 0 Å². The number of ether oxygens (including phenoxy) is 2. The van der Waals surface area contributed by atoms with Crippen molar-refractivity contribution in [2.75, 3.05) is 7.11 Å². The Hall–Kier alpha value is -2.29. The molecular weight excluding hydrogens is 240 g/mol. The molecule has 0 unspecified atom stereocenters. The Morgan fingerprint density at radius 1 is 1.05 bits per heavy atom. The Morgan fingerprint density at radius 2 is 1.79 bits per heavy atom. The molecule has 0 atom stereocenters. The molecule has 3 heteroatoms. The summed E-state index contributed by atoms with van der Waals surface area (Å²) in [6.45, 7) is 2.49. The van der Waals surface area contributed by atoms with Gasteiger partial charge in [-0.1, -0.05) is 29.8 Å². The highest BCUT2D eigenvalue weighted by Crippen LogP contribution is 2.28. The lowest BCUT2D eigenvalue weighted by atomic mass is 10.2. The minimum absolute atomic E-state index is 0.443. The van der Waals surface area contributed by atoms with E-state index in [9.17, 15) is 4.79 Å². The molecule has 0 saturated heterocycles. The van der Waals surface area contributed by atoms with Crippen LogP contribution in [0.5, 0.6) is 11.5 Å². The van der Waals surface area contributed by atoms with E-state index in [1.807, 2.05) is 31.2 Å². The van der Waals surface area contributed by atoms with Crippen molar-refractivity contribution in [3.63, 3.8) is 0 Å². The van der Waals surface area contributed by atoms with Gasteiger partial charge in [-0.2, -0.15) is 0 Å². The van der Waals surface area contributed by atoms with Crippen LogP contribution in [0.15, 0.2) is 42.5 Å². The van der Waals surface area contributed by atoms with E-state index in [0.717, 1.165) is 11.8 Å². The van der Waals surface area contributed by atoms with E-state index in [1.165, 1.54) is 5.56 Å². The summed E-state index contributed by atoms with van der Waals surface area (Å²) in [5.74, 6) is 1.20. The molecule has 0 amide bonds. The molecule has 0 spiro atoms. The highest BCUT2D eigenvalue weighted by Gasteiger charge is 2.06. The second-order valence-electron chi connectivity index (χ2n) is 4.30. The average Bonchev–Trinajstić information content (AvgIpc) is 2.46. The van der Waals surface area contributed by atoms with E-state index < -0.39 is 0 Å². The molecule has 0 radical (unpaired) electrons. The van der Waals surface area contributed by atoms with Gasteiger partial charge in [0, 0.05) is 5.56 Å². The third kappa shape index (κ3) is 3.35. The second kappa shape index (κ2) is 6.05. The van der Waals surface area contributed by atoms with E-state index in [4.69, 9.17) is 9.47 Å². The Labute approximate surface area is 112 Å². The summed E-state index contributed by atoms with van der Waals surface area (Å²) in [6, 6.07) is 13.2. The van der Waals surface area contributed by atoms with Gasteiger partial charge in [-0.15, -0.1) is 0 Å². The first-order valence-electron chi connectivity index (χ1n) is 6.04. The molecule has 98 valence electrons. The van der Waals surface area contributed by atoms with Crippen molar-refractivity contribution in [2.45, 2.75) is 13.5 Å². The smallest absolute Gasteiger partial charge is 0.162 e. The van der Waals surface area contributed by atoms with Crippen LogP contribution >= 0.6 is 0 Å². The van der Waals surface area contributed by atoms with Gasteiger partial charge in [-0.3, -0.25) is 4.79 Å². The summed E-state index contributed by atoms with van der Waals surface area (Å²) < 4.78 is 10.9. The Balaban J connectivity index is 2.13. The Morgan fingerprint density at radius 3 is 2.42 bits per heavy atom. The van der Waals surface area contributed by atoms with Gasteiger partial charge in [0.1, 0.15) is 12.9 Å². The third-order valence-electron chi connectivity index (χ3n) is 2.84. The highest BCUT2D eigenvalue weighted by atomic mass is 16.5. The third-order valence-corrected chi connectivity index (χ3v) is 2.84. The molecule has 0 aliphatic rings. The maximum atomic E-state index is 10.8. The van der Waals surface area contributed by atoms with Crippen LogP contribution in [0.2, 0.25) is 0 Å². The van der Waals surface area contributed by atoms with Crippen LogP contribution in [-0.2, 0) is 6.61 Å². The maximum absolute atomic E-state index is 10.8. The number of methoxy groups -OCH3 is 1. The molecule has 0 aliphatic heterocycles. The Bertz CT molecular complexity index is 559. The van der Waals surface area contributed by atoms with Crippen molar-refractivity contribution >= 4 is 6.29 Å². The van der Waals surface area contributed by atoms with Gasteiger partial charge in [-0.25, -0.2) is 0 Å². The second-order valence-corrected chi connectivity index (χ2v) is 4.30. The summed E-state index contributed by atoms with van der Waals surface area (Å²) in [4.78, 5) is 10.8. The molecule has 19 heavy (non-hydrogen) atoms. The van der Waals surface area contributed by atoms with Gasteiger partial charge in [0.05, 0.1) is 7.11 Å². The molecule has 2 rings (SSSR count). The predicted octanol–water partition coefficient (Wildman–Crippen LogP) is 3.40. The van der Waals surface area contributed by atoms with Crippen molar-refractivity contribution in [1.29, 1.82) is 0 Å². The molecule has 0 saturated carbocycles. The number of carbonyl (C=O) groups excluding carboxylic acids is 1. The number of aldehydes is 1. The van der Waals surface area contributed by atoms with Crippen LogP contribution in [-0.4, -0.2) is 13.4 Å². The predicted molar refractivity (Wildman–Crippen MR) is 73.9 cm³/mol. The lowest BCUT2D eigenvalue weighted by Crippen LogP contribution is -1.98. The van der Waals surface area contributed by atoms with Gasteiger partial charge >= 0.3 is 0 Å². The minimum atomic E-state index is 0.443. The molecule has 0 aromatic heterocycles. The fraction of sp³-hybridized carbons (Fsp3) is 0.188. The van der Waals surface area contributed by atoms with Crippen LogP contribution in [0.4, 0.5) is 0 Å². The van der Waals surface area contributed by atoms with E-state index in [1.54, 1.807) is 25.3 Å². The summed E-state index contributed by atoms with van der Waals surface area (Å²) in [6.07, 6.45) is 0.790. The normalized spacial score (nSPS) is 10.0. The van der Waals surface area contributed by atoms with Crippen molar-refractivity contribution in [1.82, 2.24) is 0 Å². The van der Waals surface area contributed by atoms with E-state index in [2.05, 4.69) is 0 Å². The summed E-state index contributed by atoms with van der Waals surface area (Å²) >= 11 is 0. The molecule has 0 fully saturated rings. The maximum Gasteiger partial charge on any atom is 0.162 e. The van der Waals surface area contributed by atoms with Crippen LogP contribution in [0.1, 0.15) is 21.5 Å². The van der Waals surface area contributed by atoms with Crippen LogP contribution < -0.4 is 9.47 Å². The van der Waals surface area contributed by atoms with Gasteiger partial charge in [0.25, 0.3) is 0 Å². The summed E-state index contributed by atoms with van der Waals surface area (Å²) in [7, 11) is 1.58. The number of benzene rings is 2. The molecule has 0 aliphatic carbocycles. The van der Waals surface area contributed by atoms with Crippen molar-refractivity contribution in [3.05, 3.63) is 59.2 Å². The number of carbonyl (C=O) groups is 1. The van der Waals surface area contributed by atoms with Gasteiger partial charge < -0.3 is 9.47 Å². The lowest BCUT2D eigenvalue weighted by Gasteiger charge is -2.11. The average molecular weight is 256 g/mol. The number of aryl methyl sites for hydroxylation is 1. The fourth-order valence-electron chi connectivity index (χ4n) is 1.72. The van der Waals surface area contributed by atoms with Crippen LogP contribution in [0.3, 0.4) is 0 Å². The van der Waals surface area contributed by atoms with Gasteiger partial charge in [0.15, 0.2) is 11.5 Å². The molecule has 3 nitrogen and oxygen atoms in total. The highest BCUT2D eigenvalue weighted by molar-refractivity contribution is 5.76. The molecule has 2 aromatic carbocycles. The molecular formula is C16H16O3. The van der Waals surface area contributed by atoms with Gasteiger partial charge in [0.2, 0.25) is 0 Å². The van der Waals surface area contributed by atoms with E-state index in [0.29, 0.717) is 23.7 Å². The van der Waals surface area contributed by atoms with E-state index in [-0.39, 0.29) is 0 Å². The first-order valence-corrected chi connectivity index (χ1v) is 6.04. The standard InChI is InChI=1S/C16H16O3/c1-12-3-5-13(6-4-12)11-19-16-9-14(10-17)7-8-15(16)18-2/h3-10H,11H2,1-2H3. The van der Waals surface area contributed by atoms with E-state index >= 15 is 0 Å². The first-order chi connectivity index (χ1) is 9.22. The topological polar surface area (TPSA) is 35.5 Å². The molecule has 0 heterocycles. The zero-order chi connectivity index (χ0) is 13.7. The minimum Gasteiger partial charge on any atom is -0.493 e. The SMILES string of the molecule is COc1ccc(C=O)cc1OCc1ccc(C)cc1. The summed E-state index contributed by atoms with van der Waals surface area (Å²) in [5, 5.41) is 0. The van der Waals surface area contributed by atoms with Crippen molar-refractivity contribution in [3.8, 4) is 11.5 Å². The zero-order valence-electron chi connectivity index (χ0n) is 11.1. The van der Waals surface area contributed by atoms with Crippen molar-refractivity contribution in [2.24, 2.45) is 0 Å². The number of hydrogen-bond donors (Lipinski definition) is 0. The number of rotatable bonds is 5. The quantitative estimate of drug-likeness (QED) is 0.769. The zero-order valence-corrected chi connectivity index (χ0v) is 11.1. The van der Waals surface area contributed by atoms with Crippen molar-refractivity contribution < 1.29 is 14.3 Å². The van der Waals surface area contributed by atoms with Gasteiger partial charge in [-0.05, 0) is 30.7 Å². The largest absolute Gasteiger partial charge is 0.493 e. The molecule has 0 N–H and O–H groups in total. The summed E-state index contributed by atoms with van der Waals surface area (Å²) in [5.41, 5.74) is 2.85. The lowest BCUT2D eigenvalue weighted by molar-refractivity contribution is 0.112. The number of hydrogen-bond acceptors (Lipinski definition) is 3. The van der Waals surface area contributed by atoms with Crippen LogP contribution in [0, 0.1) is 6.92 Å². The molecule has 2 aromatic rings. The first kappa shape index (κ1) is 13.1. The Kier molecular flexibility index (Phi) is 4.18. The fourth-order valence-corrected chi connectivity index (χ4v) is 1.72. The monoisotopic (exact) mass is 256 g/mol.